The Morgan fingerprint density at radius 1 is 1.52 bits per heavy atom. The number of carboxylic acids is 1. The van der Waals surface area contributed by atoms with Crippen LogP contribution in [0.2, 0.25) is 0 Å². The summed E-state index contributed by atoms with van der Waals surface area (Å²) in [6.07, 6.45) is 4.77. The average molecular weight is 294 g/mol. The second-order valence-electron chi connectivity index (χ2n) is 5.90. The van der Waals surface area contributed by atoms with Crippen LogP contribution in [0.25, 0.3) is 0 Å². The van der Waals surface area contributed by atoms with Gasteiger partial charge in [0.1, 0.15) is 11.3 Å². The molecule has 2 rings (SSSR count). The van der Waals surface area contributed by atoms with Crippen molar-refractivity contribution in [1.82, 2.24) is 10.6 Å². The fourth-order valence-corrected chi connectivity index (χ4v) is 2.37. The lowest BCUT2D eigenvalue weighted by atomic mass is 9.96. The van der Waals surface area contributed by atoms with Crippen molar-refractivity contribution >= 4 is 12.0 Å². The van der Waals surface area contributed by atoms with Gasteiger partial charge in [0.05, 0.1) is 6.26 Å². The van der Waals surface area contributed by atoms with Crippen molar-refractivity contribution in [3.63, 3.8) is 0 Å². The van der Waals surface area contributed by atoms with Crippen molar-refractivity contribution in [1.29, 1.82) is 0 Å². The fraction of sp³-hybridized carbons (Fsp3) is 0.600. The number of aliphatic carboxylic acids is 1. The first-order chi connectivity index (χ1) is 9.91. The molecule has 0 saturated heterocycles. The molecule has 1 aromatic heterocycles. The number of rotatable bonds is 7. The summed E-state index contributed by atoms with van der Waals surface area (Å²) < 4.78 is 5.23. The van der Waals surface area contributed by atoms with Crippen LogP contribution >= 0.6 is 0 Å². The first-order valence-electron chi connectivity index (χ1n) is 7.26. The number of nitrogens with one attached hydrogen (secondary N) is 2. The minimum atomic E-state index is -1.18. The molecule has 3 N–H and O–H groups in total. The third-order valence-electron chi connectivity index (χ3n) is 3.99. The van der Waals surface area contributed by atoms with Crippen LogP contribution in [-0.4, -0.2) is 28.7 Å². The second kappa shape index (κ2) is 6.20. The third kappa shape index (κ3) is 4.00. The van der Waals surface area contributed by atoms with Gasteiger partial charge in [0, 0.05) is 12.5 Å². The van der Waals surface area contributed by atoms with Crippen LogP contribution in [0.4, 0.5) is 4.79 Å². The number of aryl methyl sites for hydroxylation is 1. The van der Waals surface area contributed by atoms with E-state index < -0.39 is 17.5 Å². The maximum absolute atomic E-state index is 12.0. The molecule has 0 spiro atoms. The van der Waals surface area contributed by atoms with Gasteiger partial charge in [0.25, 0.3) is 0 Å². The molecule has 1 heterocycles. The monoisotopic (exact) mass is 294 g/mol. The predicted molar refractivity (Wildman–Crippen MR) is 76.9 cm³/mol. The van der Waals surface area contributed by atoms with Crippen LogP contribution in [0.5, 0.6) is 0 Å². The lowest BCUT2D eigenvalue weighted by molar-refractivity contribution is -0.144. The van der Waals surface area contributed by atoms with Crippen molar-refractivity contribution in [3.05, 3.63) is 24.2 Å². The molecule has 6 nitrogen and oxygen atoms in total. The number of carbonyl (C=O) groups is 2. The standard InChI is InChI=1S/C15H22N2O4/c1-10(5-8-12-4-3-9-21-12)16-14(20)17-15(2,13(18)19)11-6-7-11/h3-4,9-11H,5-8H2,1-2H3,(H,18,19)(H2,16,17,20). The summed E-state index contributed by atoms with van der Waals surface area (Å²) >= 11 is 0. The van der Waals surface area contributed by atoms with Gasteiger partial charge in [0.15, 0.2) is 0 Å². The van der Waals surface area contributed by atoms with Crippen LogP contribution < -0.4 is 10.6 Å². The molecular weight excluding hydrogens is 272 g/mol. The molecule has 1 aliphatic carbocycles. The van der Waals surface area contributed by atoms with Crippen molar-refractivity contribution < 1.29 is 19.1 Å². The SMILES string of the molecule is CC(CCc1ccco1)NC(=O)NC(C)(C(=O)O)C1CC1. The molecule has 1 saturated carbocycles. The highest BCUT2D eigenvalue weighted by Gasteiger charge is 2.48. The van der Waals surface area contributed by atoms with E-state index in [4.69, 9.17) is 4.42 Å². The fourth-order valence-electron chi connectivity index (χ4n) is 2.37. The molecule has 0 aromatic carbocycles. The topological polar surface area (TPSA) is 91.6 Å². The van der Waals surface area contributed by atoms with Crippen molar-refractivity contribution in [2.75, 3.05) is 0 Å². The summed E-state index contributed by atoms with van der Waals surface area (Å²) in [6, 6.07) is 3.22. The first-order valence-corrected chi connectivity index (χ1v) is 7.26. The van der Waals surface area contributed by atoms with Crippen LogP contribution in [0.3, 0.4) is 0 Å². The molecule has 21 heavy (non-hydrogen) atoms. The minimum Gasteiger partial charge on any atom is -0.480 e. The maximum atomic E-state index is 12.0. The lowest BCUT2D eigenvalue weighted by Crippen LogP contribution is -2.57. The van der Waals surface area contributed by atoms with Gasteiger partial charge in [-0.15, -0.1) is 0 Å². The Hall–Kier alpha value is -1.98. The normalized spacial score (nSPS) is 18.6. The van der Waals surface area contributed by atoms with E-state index in [1.807, 2.05) is 19.1 Å². The van der Waals surface area contributed by atoms with E-state index in [0.717, 1.165) is 31.4 Å². The Morgan fingerprint density at radius 2 is 2.24 bits per heavy atom. The van der Waals surface area contributed by atoms with Gasteiger partial charge in [-0.1, -0.05) is 0 Å². The predicted octanol–water partition coefficient (Wildman–Crippen LogP) is 2.15. The highest BCUT2D eigenvalue weighted by molar-refractivity contribution is 5.86. The number of furan rings is 1. The number of hydrogen-bond acceptors (Lipinski definition) is 3. The number of carboxylic acid groups (broad SMARTS) is 1. The molecule has 0 aliphatic heterocycles. The zero-order valence-corrected chi connectivity index (χ0v) is 12.4. The summed E-state index contributed by atoms with van der Waals surface area (Å²) in [7, 11) is 0. The van der Waals surface area contributed by atoms with Gasteiger partial charge in [-0.05, 0) is 51.2 Å². The molecule has 6 heteroatoms. The molecule has 2 atom stereocenters. The first kappa shape index (κ1) is 15.4. The van der Waals surface area contributed by atoms with E-state index in [2.05, 4.69) is 10.6 Å². The van der Waals surface area contributed by atoms with E-state index in [1.165, 1.54) is 0 Å². The summed E-state index contributed by atoms with van der Waals surface area (Å²) in [5.41, 5.74) is -1.18. The lowest BCUT2D eigenvalue weighted by Gasteiger charge is -2.27. The van der Waals surface area contributed by atoms with E-state index in [9.17, 15) is 14.7 Å². The van der Waals surface area contributed by atoms with Crippen LogP contribution in [-0.2, 0) is 11.2 Å². The van der Waals surface area contributed by atoms with Gasteiger partial charge >= 0.3 is 12.0 Å². The Morgan fingerprint density at radius 3 is 2.76 bits per heavy atom. The Kier molecular flexibility index (Phi) is 4.55. The smallest absolute Gasteiger partial charge is 0.329 e. The van der Waals surface area contributed by atoms with E-state index >= 15 is 0 Å². The molecule has 1 aliphatic rings. The second-order valence-corrected chi connectivity index (χ2v) is 5.90. The van der Waals surface area contributed by atoms with Crippen molar-refractivity contribution in [3.8, 4) is 0 Å². The zero-order chi connectivity index (χ0) is 15.5. The van der Waals surface area contributed by atoms with Gasteiger partial charge in [-0.25, -0.2) is 9.59 Å². The zero-order valence-electron chi connectivity index (χ0n) is 12.4. The Labute approximate surface area is 123 Å². The molecule has 2 unspecified atom stereocenters. The van der Waals surface area contributed by atoms with Crippen LogP contribution in [0, 0.1) is 5.92 Å². The minimum absolute atomic E-state index is 0.0270. The summed E-state index contributed by atoms with van der Waals surface area (Å²) in [6.45, 7) is 3.46. The van der Waals surface area contributed by atoms with Crippen molar-refractivity contribution in [2.45, 2.75) is 51.1 Å². The largest absolute Gasteiger partial charge is 0.480 e. The van der Waals surface area contributed by atoms with Gasteiger partial charge in [-0.2, -0.15) is 0 Å². The Balaban J connectivity index is 1.79. The van der Waals surface area contributed by atoms with E-state index in [0.29, 0.717) is 0 Å². The van der Waals surface area contributed by atoms with Gasteiger partial charge in [-0.3, -0.25) is 0 Å². The summed E-state index contributed by atoms with van der Waals surface area (Å²) in [4.78, 5) is 23.3. The van der Waals surface area contributed by atoms with E-state index in [1.54, 1.807) is 13.2 Å². The molecule has 116 valence electrons. The Bertz CT molecular complexity index is 496. The highest BCUT2D eigenvalue weighted by Crippen LogP contribution is 2.39. The van der Waals surface area contributed by atoms with Crippen LogP contribution in [0.15, 0.2) is 22.8 Å². The number of carbonyl (C=O) groups excluding carboxylic acids is 1. The summed E-state index contributed by atoms with van der Waals surface area (Å²) in [5, 5.41) is 14.7. The molecular formula is C15H22N2O4. The molecule has 0 radical (unpaired) electrons. The number of amides is 2. The molecule has 2 amide bonds. The average Bonchev–Trinajstić information content (AvgIpc) is 3.14. The van der Waals surface area contributed by atoms with Gasteiger partial charge < -0.3 is 20.2 Å². The quantitative estimate of drug-likeness (QED) is 0.718. The molecule has 1 aromatic rings. The highest BCUT2D eigenvalue weighted by atomic mass is 16.4. The molecule has 1 fully saturated rings. The summed E-state index contributed by atoms with van der Waals surface area (Å²) in [5.74, 6) is -0.0834. The number of hydrogen-bond donors (Lipinski definition) is 3. The van der Waals surface area contributed by atoms with Crippen LogP contribution in [0.1, 0.15) is 38.9 Å². The molecule has 0 bridgehead atoms. The van der Waals surface area contributed by atoms with E-state index in [-0.39, 0.29) is 12.0 Å². The third-order valence-corrected chi connectivity index (χ3v) is 3.99. The number of urea groups is 1. The van der Waals surface area contributed by atoms with Gasteiger partial charge in [0.2, 0.25) is 0 Å². The maximum Gasteiger partial charge on any atom is 0.329 e. The van der Waals surface area contributed by atoms with Crippen molar-refractivity contribution in [2.24, 2.45) is 5.92 Å².